The van der Waals surface area contributed by atoms with Crippen LogP contribution in [0.25, 0.3) is 0 Å². The van der Waals surface area contributed by atoms with Crippen LogP contribution in [0, 0.1) is 11.3 Å². The Morgan fingerprint density at radius 3 is 2.64 bits per heavy atom. The lowest BCUT2D eigenvalue weighted by Crippen LogP contribution is -2.44. The number of unbranched alkanes of at least 4 members (excludes halogenated alkanes) is 1. The molecule has 0 radical (unpaired) electrons. The van der Waals surface area contributed by atoms with E-state index in [0.29, 0.717) is 5.41 Å². The van der Waals surface area contributed by atoms with Crippen molar-refractivity contribution >= 4 is 0 Å². The molecule has 1 saturated heterocycles. The molecule has 84 valence electrons. The molecule has 1 fully saturated rings. The molecule has 0 saturated carbocycles. The number of rotatable bonds is 5. The van der Waals surface area contributed by atoms with Crippen LogP contribution in [0.3, 0.4) is 0 Å². The molecular weight excluding hydrogens is 170 g/mol. The monoisotopic (exact) mass is 197 g/mol. The van der Waals surface area contributed by atoms with Gasteiger partial charge in [-0.2, -0.15) is 0 Å². The molecule has 1 heterocycles. The highest BCUT2D eigenvalue weighted by Crippen LogP contribution is 2.43. The average molecular weight is 197 g/mol. The number of hydrogen-bond acceptors (Lipinski definition) is 1. The summed E-state index contributed by atoms with van der Waals surface area (Å²) in [5.41, 5.74) is 0.677. The molecule has 1 nitrogen and oxygen atoms in total. The fourth-order valence-corrected chi connectivity index (χ4v) is 3.11. The summed E-state index contributed by atoms with van der Waals surface area (Å²) in [5.74, 6) is 0.924. The topological polar surface area (TPSA) is 12.0 Å². The van der Waals surface area contributed by atoms with Crippen LogP contribution in [-0.4, -0.2) is 13.1 Å². The van der Waals surface area contributed by atoms with Gasteiger partial charge in [0.1, 0.15) is 0 Å². The Morgan fingerprint density at radius 1 is 1.29 bits per heavy atom. The minimum absolute atomic E-state index is 0.677. The molecule has 0 aromatic carbocycles. The molecule has 1 heteroatoms. The number of hydrogen-bond donors (Lipinski definition) is 1. The minimum Gasteiger partial charge on any atom is -0.316 e. The van der Waals surface area contributed by atoms with Crippen molar-refractivity contribution in [3.8, 4) is 0 Å². The molecule has 1 aliphatic rings. The Labute approximate surface area is 89.7 Å². The maximum absolute atomic E-state index is 3.55. The first kappa shape index (κ1) is 12.0. The summed E-state index contributed by atoms with van der Waals surface area (Å²) in [6.45, 7) is 9.56. The zero-order chi connectivity index (χ0) is 10.4. The summed E-state index contributed by atoms with van der Waals surface area (Å²) in [6.07, 6.45) is 8.37. The van der Waals surface area contributed by atoms with Gasteiger partial charge in [0.05, 0.1) is 0 Å². The van der Waals surface area contributed by atoms with E-state index in [4.69, 9.17) is 0 Å². The van der Waals surface area contributed by atoms with Gasteiger partial charge in [-0.1, -0.05) is 46.5 Å². The zero-order valence-electron chi connectivity index (χ0n) is 10.2. The van der Waals surface area contributed by atoms with Gasteiger partial charge < -0.3 is 5.32 Å². The Kier molecular flexibility index (Phi) is 4.94. The van der Waals surface area contributed by atoms with Crippen LogP contribution in [0.1, 0.15) is 59.3 Å². The first-order valence-corrected chi connectivity index (χ1v) is 6.49. The van der Waals surface area contributed by atoms with Gasteiger partial charge in [-0.25, -0.2) is 0 Å². The van der Waals surface area contributed by atoms with Crippen LogP contribution < -0.4 is 5.32 Å². The molecule has 1 aliphatic heterocycles. The predicted molar refractivity (Wildman–Crippen MR) is 63.5 cm³/mol. The van der Waals surface area contributed by atoms with Gasteiger partial charge in [0, 0.05) is 0 Å². The fraction of sp³-hybridized carbons (Fsp3) is 1.00. The van der Waals surface area contributed by atoms with Gasteiger partial charge in [0.15, 0.2) is 0 Å². The molecule has 0 bridgehead atoms. The van der Waals surface area contributed by atoms with Gasteiger partial charge in [-0.05, 0) is 37.3 Å². The highest BCUT2D eigenvalue weighted by Gasteiger charge is 2.37. The van der Waals surface area contributed by atoms with E-state index in [1.54, 1.807) is 0 Å². The first-order valence-electron chi connectivity index (χ1n) is 6.49. The summed E-state index contributed by atoms with van der Waals surface area (Å²) >= 11 is 0. The van der Waals surface area contributed by atoms with Crippen molar-refractivity contribution in [1.29, 1.82) is 0 Å². The van der Waals surface area contributed by atoms with Gasteiger partial charge in [0.25, 0.3) is 0 Å². The third kappa shape index (κ3) is 2.50. The van der Waals surface area contributed by atoms with Crippen molar-refractivity contribution in [2.45, 2.75) is 59.3 Å². The van der Waals surface area contributed by atoms with Crippen molar-refractivity contribution in [2.24, 2.45) is 11.3 Å². The smallest absolute Gasteiger partial charge is 0.00153 e. The van der Waals surface area contributed by atoms with Crippen LogP contribution in [-0.2, 0) is 0 Å². The number of piperidine rings is 1. The molecule has 1 N–H and O–H groups in total. The van der Waals surface area contributed by atoms with Gasteiger partial charge >= 0.3 is 0 Å². The van der Waals surface area contributed by atoms with Crippen molar-refractivity contribution < 1.29 is 0 Å². The van der Waals surface area contributed by atoms with E-state index in [0.717, 1.165) is 5.92 Å². The molecule has 0 amide bonds. The molecular formula is C13H27N. The summed E-state index contributed by atoms with van der Waals surface area (Å²) in [7, 11) is 0. The highest BCUT2D eigenvalue weighted by molar-refractivity contribution is 4.90. The summed E-state index contributed by atoms with van der Waals surface area (Å²) < 4.78 is 0. The highest BCUT2D eigenvalue weighted by atomic mass is 14.9. The molecule has 0 spiro atoms. The second kappa shape index (κ2) is 5.75. The second-order valence-electron chi connectivity index (χ2n) is 4.88. The normalized spacial score (nSPS) is 33.2. The Hall–Kier alpha value is -0.0400. The molecule has 2 unspecified atom stereocenters. The first-order chi connectivity index (χ1) is 6.79. The van der Waals surface area contributed by atoms with Crippen LogP contribution in [0.5, 0.6) is 0 Å². The van der Waals surface area contributed by atoms with Crippen LogP contribution in [0.4, 0.5) is 0 Å². The van der Waals surface area contributed by atoms with Crippen LogP contribution in [0.2, 0.25) is 0 Å². The Balaban J connectivity index is 2.60. The maximum Gasteiger partial charge on any atom is -0.00153 e. The standard InChI is InChI=1S/C13H27N/c1-4-7-8-13(6-3)9-10-14-11-12(13)5-2/h12,14H,4-11H2,1-3H3. The second-order valence-corrected chi connectivity index (χ2v) is 4.88. The van der Waals surface area contributed by atoms with E-state index in [-0.39, 0.29) is 0 Å². The lowest BCUT2D eigenvalue weighted by atomic mass is 9.65. The Morgan fingerprint density at radius 2 is 2.07 bits per heavy atom. The Bertz CT molecular complexity index is 155. The van der Waals surface area contributed by atoms with Gasteiger partial charge in [0.2, 0.25) is 0 Å². The molecule has 0 aromatic heterocycles. The SMILES string of the molecule is CCCCC1(CC)CCNCC1CC. The molecule has 1 rings (SSSR count). The van der Waals surface area contributed by atoms with E-state index in [2.05, 4.69) is 26.1 Å². The molecule has 0 aromatic rings. The predicted octanol–water partition coefficient (Wildman–Crippen LogP) is 3.59. The third-order valence-electron chi connectivity index (χ3n) is 4.28. The van der Waals surface area contributed by atoms with Crippen LogP contribution >= 0.6 is 0 Å². The van der Waals surface area contributed by atoms with Gasteiger partial charge in [-0.15, -0.1) is 0 Å². The van der Waals surface area contributed by atoms with E-state index in [9.17, 15) is 0 Å². The van der Waals surface area contributed by atoms with E-state index >= 15 is 0 Å². The maximum atomic E-state index is 3.55. The zero-order valence-corrected chi connectivity index (χ0v) is 10.2. The third-order valence-corrected chi connectivity index (χ3v) is 4.28. The minimum atomic E-state index is 0.677. The van der Waals surface area contributed by atoms with Gasteiger partial charge in [-0.3, -0.25) is 0 Å². The van der Waals surface area contributed by atoms with E-state index in [1.165, 1.54) is 51.6 Å². The summed E-state index contributed by atoms with van der Waals surface area (Å²) in [5, 5.41) is 3.55. The van der Waals surface area contributed by atoms with Crippen molar-refractivity contribution in [3.63, 3.8) is 0 Å². The van der Waals surface area contributed by atoms with Crippen LogP contribution in [0.15, 0.2) is 0 Å². The van der Waals surface area contributed by atoms with E-state index in [1.807, 2.05) is 0 Å². The lowest BCUT2D eigenvalue weighted by Gasteiger charge is -2.44. The van der Waals surface area contributed by atoms with Crippen molar-refractivity contribution in [1.82, 2.24) is 5.32 Å². The summed E-state index contributed by atoms with van der Waals surface area (Å²) in [4.78, 5) is 0. The summed E-state index contributed by atoms with van der Waals surface area (Å²) in [6, 6.07) is 0. The molecule has 14 heavy (non-hydrogen) atoms. The molecule has 0 aliphatic carbocycles. The van der Waals surface area contributed by atoms with Crippen molar-refractivity contribution in [3.05, 3.63) is 0 Å². The quantitative estimate of drug-likeness (QED) is 0.710. The lowest BCUT2D eigenvalue weighted by molar-refractivity contribution is 0.0836. The average Bonchev–Trinajstić information content (AvgIpc) is 2.26. The van der Waals surface area contributed by atoms with Crippen molar-refractivity contribution in [2.75, 3.05) is 13.1 Å². The fourth-order valence-electron chi connectivity index (χ4n) is 3.11. The molecule has 2 atom stereocenters. The van der Waals surface area contributed by atoms with E-state index < -0.39 is 0 Å². The largest absolute Gasteiger partial charge is 0.316 e. The number of nitrogens with one attached hydrogen (secondary N) is 1.